The number of phenolic OH excluding ortho intramolecular Hbond substituents is 1. The molecule has 0 bridgehead atoms. The predicted molar refractivity (Wildman–Crippen MR) is 157 cm³/mol. The van der Waals surface area contributed by atoms with Gasteiger partial charge in [-0.25, -0.2) is 13.2 Å². The highest BCUT2D eigenvalue weighted by Gasteiger charge is 2.64. The van der Waals surface area contributed by atoms with Gasteiger partial charge >= 0.3 is 6.01 Å². The molecular weight excluding hydrogens is 555 g/mol. The summed E-state index contributed by atoms with van der Waals surface area (Å²) in [6.07, 6.45) is 11.8. The molecule has 2 saturated heterocycles. The summed E-state index contributed by atoms with van der Waals surface area (Å²) in [5.41, 5.74) is -0.150. The van der Waals surface area contributed by atoms with Gasteiger partial charge in [-0.1, -0.05) is 12.0 Å². The zero-order valence-electron chi connectivity index (χ0n) is 23.7. The van der Waals surface area contributed by atoms with Crippen molar-refractivity contribution in [1.82, 2.24) is 19.9 Å². The molecule has 2 saturated carbocycles. The Labute approximate surface area is 246 Å². The molecule has 1 unspecified atom stereocenters. The van der Waals surface area contributed by atoms with Crippen LogP contribution in [0.3, 0.4) is 0 Å². The quantitative estimate of drug-likeness (QED) is 0.289. The van der Waals surface area contributed by atoms with E-state index in [9.17, 15) is 13.9 Å². The van der Waals surface area contributed by atoms with E-state index in [0.717, 1.165) is 38.6 Å². The zero-order chi connectivity index (χ0) is 29.7. The minimum Gasteiger partial charge on any atom is -0.508 e. The van der Waals surface area contributed by atoms with E-state index in [1.54, 1.807) is 0 Å². The van der Waals surface area contributed by atoms with Gasteiger partial charge in [0.2, 0.25) is 0 Å². The Morgan fingerprint density at radius 1 is 1.19 bits per heavy atom. The van der Waals surface area contributed by atoms with Crippen molar-refractivity contribution in [3.63, 3.8) is 0 Å². The summed E-state index contributed by atoms with van der Waals surface area (Å²) >= 11 is 0. The van der Waals surface area contributed by atoms with E-state index in [1.165, 1.54) is 30.5 Å². The number of terminal acetylenes is 1. The fraction of sp³-hybridized carbons (Fsp3) is 0.424. The minimum atomic E-state index is -0.909. The molecule has 3 atom stereocenters. The van der Waals surface area contributed by atoms with E-state index in [1.807, 2.05) is 7.05 Å². The second kappa shape index (κ2) is 9.20. The summed E-state index contributed by atoms with van der Waals surface area (Å²) < 4.78 is 52.0. The number of aromatic nitrogens is 3. The number of pyridine rings is 1. The first-order valence-electron chi connectivity index (χ1n) is 14.8. The molecule has 4 fully saturated rings. The summed E-state index contributed by atoms with van der Waals surface area (Å²) in [5, 5.41) is 11.6. The van der Waals surface area contributed by atoms with E-state index in [4.69, 9.17) is 16.1 Å². The molecule has 0 amide bonds. The van der Waals surface area contributed by atoms with E-state index >= 15 is 4.39 Å². The number of benzene rings is 2. The topological polar surface area (TPSA) is 74.6 Å². The van der Waals surface area contributed by atoms with E-state index in [-0.39, 0.29) is 52.1 Å². The lowest BCUT2D eigenvalue weighted by atomic mass is 9.95. The average molecular weight is 586 g/mol. The van der Waals surface area contributed by atoms with Crippen molar-refractivity contribution in [2.75, 3.05) is 31.6 Å². The van der Waals surface area contributed by atoms with Gasteiger partial charge in [0, 0.05) is 43.2 Å². The van der Waals surface area contributed by atoms with Gasteiger partial charge in [-0.15, -0.1) is 6.42 Å². The minimum absolute atomic E-state index is 0.00642. The molecule has 2 aliphatic heterocycles. The highest BCUT2D eigenvalue weighted by atomic mass is 19.1. The number of alkyl halides is 1. The summed E-state index contributed by atoms with van der Waals surface area (Å²) in [5.74, 6) is 1.34. The fourth-order valence-corrected chi connectivity index (χ4v) is 7.66. The van der Waals surface area contributed by atoms with Crippen molar-refractivity contribution in [1.29, 1.82) is 0 Å². The second-order valence-corrected chi connectivity index (χ2v) is 12.7. The Morgan fingerprint density at radius 3 is 2.79 bits per heavy atom. The van der Waals surface area contributed by atoms with Crippen LogP contribution in [0.5, 0.6) is 11.8 Å². The zero-order valence-corrected chi connectivity index (χ0v) is 23.7. The van der Waals surface area contributed by atoms with Gasteiger partial charge in [0.1, 0.15) is 41.4 Å². The van der Waals surface area contributed by atoms with Crippen LogP contribution >= 0.6 is 0 Å². The molecule has 4 heterocycles. The molecular formula is C33H30F3N5O2. The van der Waals surface area contributed by atoms with Crippen LogP contribution in [-0.4, -0.2) is 69.5 Å². The number of fused-ring (bicyclic) bond motifs is 3. The maximum Gasteiger partial charge on any atom is 0.319 e. The van der Waals surface area contributed by atoms with Crippen LogP contribution in [0.25, 0.3) is 32.9 Å². The number of hydrogen-bond acceptors (Lipinski definition) is 7. The lowest BCUT2D eigenvalue weighted by molar-refractivity contribution is 0.107. The van der Waals surface area contributed by atoms with E-state index in [2.05, 4.69) is 25.7 Å². The van der Waals surface area contributed by atoms with Crippen LogP contribution in [-0.2, 0) is 0 Å². The number of hydrogen-bond donors (Lipinski definition) is 1. The molecule has 1 spiro atoms. The normalized spacial score (nSPS) is 25.3. The van der Waals surface area contributed by atoms with Gasteiger partial charge in [-0.2, -0.15) is 9.97 Å². The van der Waals surface area contributed by atoms with Crippen molar-refractivity contribution in [2.24, 2.45) is 5.41 Å². The first-order chi connectivity index (χ1) is 20.7. The summed E-state index contributed by atoms with van der Waals surface area (Å²) in [6.45, 7) is 1.42. The molecule has 1 N–H and O–H groups in total. The molecule has 10 heteroatoms. The Hall–Kier alpha value is -4.10. The number of rotatable bonds is 6. The lowest BCUT2D eigenvalue weighted by Crippen LogP contribution is -2.43. The number of phenols is 1. The molecule has 2 aliphatic carbocycles. The molecule has 4 aliphatic rings. The van der Waals surface area contributed by atoms with Crippen LogP contribution in [0.1, 0.15) is 44.1 Å². The highest BCUT2D eigenvalue weighted by molar-refractivity contribution is 6.03. The second-order valence-electron chi connectivity index (χ2n) is 12.7. The first-order valence-corrected chi connectivity index (χ1v) is 14.8. The van der Waals surface area contributed by atoms with Crippen molar-refractivity contribution >= 4 is 27.5 Å². The van der Waals surface area contributed by atoms with Gasteiger partial charge in [0.15, 0.2) is 5.82 Å². The maximum absolute atomic E-state index is 16.6. The van der Waals surface area contributed by atoms with E-state index in [0.29, 0.717) is 35.0 Å². The first kappa shape index (κ1) is 26.5. The summed E-state index contributed by atoms with van der Waals surface area (Å²) in [6, 6.07) is 5.76. The SMILES string of the molecule is C#Cc1c(F)ccc2cc(O)cc(-c3ncc4c(N(C)C5CC56CC6)nc(OC[C@@]56CCCN5C[C@H](F)C6)nc4c3F)c12. The monoisotopic (exact) mass is 585 g/mol. The van der Waals surface area contributed by atoms with Crippen molar-refractivity contribution in [2.45, 2.75) is 56.3 Å². The molecule has 7 nitrogen and oxygen atoms in total. The molecule has 2 aromatic carbocycles. The van der Waals surface area contributed by atoms with Gasteiger partial charge in [-0.3, -0.25) is 9.88 Å². The van der Waals surface area contributed by atoms with Gasteiger partial charge < -0.3 is 14.7 Å². The molecule has 220 valence electrons. The van der Waals surface area contributed by atoms with Crippen molar-refractivity contribution in [3.05, 3.63) is 47.7 Å². The van der Waals surface area contributed by atoms with Gasteiger partial charge in [0.05, 0.1) is 16.5 Å². The average Bonchev–Trinajstić information content (AvgIpc) is 3.85. The number of halogens is 3. The van der Waals surface area contributed by atoms with Crippen LogP contribution in [0, 0.1) is 29.4 Å². The molecule has 8 rings (SSSR count). The Kier molecular flexibility index (Phi) is 5.67. The maximum atomic E-state index is 16.6. The summed E-state index contributed by atoms with van der Waals surface area (Å²) in [7, 11) is 1.95. The van der Waals surface area contributed by atoms with Gasteiger partial charge in [-0.05, 0) is 67.6 Å². The summed E-state index contributed by atoms with van der Waals surface area (Å²) in [4.78, 5) is 17.9. The molecule has 4 aromatic rings. The Balaban J connectivity index is 1.27. The van der Waals surface area contributed by atoms with Crippen LogP contribution in [0.2, 0.25) is 0 Å². The third kappa shape index (κ3) is 4.04. The third-order valence-corrected chi connectivity index (χ3v) is 10.2. The Morgan fingerprint density at radius 2 is 2.02 bits per heavy atom. The van der Waals surface area contributed by atoms with Crippen LogP contribution < -0.4 is 9.64 Å². The standard InChI is InChI=1S/C33H30F3N5O2/c1-3-21-24(35)6-5-18-11-20(42)12-22(26(18)21)28-27(36)29-23(15-37-28)30(40(2)25-14-32(25)8-9-32)39-31(38-29)43-17-33-7-4-10-41(33)16-19(34)13-33/h1,5-6,11-12,15,19,25,42H,4,7-10,13-14,16-17H2,2H3/t19-,25?,33+/m1/s1. The third-order valence-electron chi connectivity index (χ3n) is 10.2. The van der Waals surface area contributed by atoms with Gasteiger partial charge in [0.25, 0.3) is 0 Å². The number of ether oxygens (including phenoxy) is 1. The molecule has 0 radical (unpaired) electrons. The molecule has 2 aromatic heterocycles. The highest BCUT2D eigenvalue weighted by Crippen LogP contribution is 2.68. The number of aromatic hydroxyl groups is 1. The van der Waals surface area contributed by atoms with Crippen LogP contribution in [0.4, 0.5) is 19.0 Å². The lowest BCUT2D eigenvalue weighted by Gasteiger charge is -2.31. The van der Waals surface area contributed by atoms with Crippen LogP contribution in [0.15, 0.2) is 30.5 Å². The number of nitrogens with zero attached hydrogens (tertiary/aromatic N) is 5. The van der Waals surface area contributed by atoms with Crippen molar-refractivity contribution < 1.29 is 23.0 Å². The Bertz CT molecular complexity index is 1870. The molecule has 43 heavy (non-hydrogen) atoms. The van der Waals surface area contributed by atoms with Crippen molar-refractivity contribution in [3.8, 4) is 35.4 Å². The van der Waals surface area contributed by atoms with E-state index < -0.39 is 23.3 Å². The smallest absolute Gasteiger partial charge is 0.319 e. The number of anilines is 1. The fourth-order valence-electron chi connectivity index (χ4n) is 7.66. The largest absolute Gasteiger partial charge is 0.508 e. The predicted octanol–water partition coefficient (Wildman–Crippen LogP) is 5.75.